The number of amides is 1. The Hall–Kier alpha value is -1.93. The van der Waals surface area contributed by atoms with Gasteiger partial charge in [0.2, 0.25) is 5.91 Å². The monoisotopic (exact) mass is 455 g/mol. The van der Waals surface area contributed by atoms with Gasteiger partial charge in [0.25, 0.3) is 0 Å². The number of carbonyl (C=O) groups is 1. The van der Waals surface area contributed by atoms with Crippen molar-refractivity contribution in [2.45, 2.75) is 25.7 Å². The molecule has 0 N–H and O–H groups in total. The van der Waals surface area contributed by atoms with E-state index in [-0.39, 0.29) is 5.91 Å². The summed E-state index contributed by atoms with van der Waals surface area (Å²) in [6.45, 7) is 11.1. The van der Waals surface area contributed by atoms with E-state index in [1.54, 1.807) is 23.1 Å². The van der Waals surface area contributed by atoms with Gasteiger partial charge in [0.1, 0.15) is 0 Å². The molecule has 0 unspecified atom stereocenters. The fourth-order valence-electron chi connectivity index (χ4n) is 3.53. The summed E-state index contributed by atoms with van der Waals surface area (Å²) < 4.78 is 6.59. The molecule has 0 aliphatic carbocycles. The van der Waals surface area contributed by atoms with Gasteiger partial charge in [0.05, 0.1) is 29.2 Å². The molecule has 5 nitrogen and oxygen atoms in total. The highest BCUT2D eigenvalue weighted by Crippen LogP contribution is 2.31. The maximum Gasteiger partial charge on any atom is 0.239 e. The van der Waals surface area contributed by atoms with Gasteiger partial charge in [0, 0.05) is 31.1 Å². The van der Waals surface area contributed by atoms with Crippen LogP contribution in [0.5, 0.6) is 0 Å². The van der Waals surface area contributed by atoms with E-state index in [4.69, 9.17) is 9.72 Å². The van der Waals surface area contributed by atoms with E-state index >= 15 is 0 Å². The van der Waals surface area contributed by atoms with Crippen molar-refractivity contribution in [1.82, 2.24) is 9.88 Å². The number of anilines is 1. The van der Waals surface area contributed by atoms with Crippen molar-refractivity contribution in [1.29, 1.82) is 0 Å². The van der Waals surface area contributed by atoms with Crippen molar-refractivity contribution < 1.29 is 9.53 Å². The van der Waals surface area contributed by atoms with Crippen molar-refractivity contribution in [3.8, 4) is 0 Å². The quantitative estimate of drug-likeness (QED) is 0.484. The van der Waals surface area contributed by atoms with Crippen LogP contribution in [0, 0.1) is 20.8 Å². The molecular formula is C24H29N3O2S2. The zero-order valence-corrected chi connectivity index (χ0v) is 20.0. The molecule has 1 aliphatic rings. The van der Waals surface area contributed by atoms with Gasteiger partial charge in [-0.15, -0.1) is 11.8 Å². The van der Waals surface area contributed by atoms with E-state index in [9.17, 15) is 4.79 Å². The standard InChI is InChI=1S/C24H29N3O2S2/c1-17-4-6-20(7-5-17)30-16-23(28)27(9-8-26-10-12-29-13-11-26)24-25-21-14-18(2)19(3)15-22(21)31-24/h4-7,14-15H,8-13,16H2,1-3H3. The van der Waals surface area contributed by atoms with E-state index in [1.165, 1.54) is 16.7 Å². The van der Waals surface area contributed by atoms with E-state index in [0.29, 0.717) is 12.3 Å². The van der Waals surface area contributed by atoms with Crippen LogP contribution in [-0.4, -0.2) is 60.9 Å². The molecule has 0 radical (unpaired) electrons. The molecule has 3 aromatic rings. The van der Waals surface area contributed by atoms with Gasteiger partial charge in [-0.25, -0.2) is 4.98 Å². The van der Waals surface area contributed by atoms with Crippen LogP contribution in [0.4, 0.5) is 5.13 Å². The highest BCUT2D eigenvalue weighted by atomic mass is 32.2. The number of hydrogen-bond acceptors (Lipinski definition) is 6. The minimum atomic E-state index is 0.103. The second kappa shape index (κ2) is 10.1. The van der Waals surface area contributed by atoms with Crippen molar-refractivity contribution in [2.75, 3.05) is 50.0 Å². The molecule has 4 rings (SSSR count). The Labute approximate surface area is 192 Å². The number of nitrogens with zero attached hydrogens (tertiary/aromatic N) is 3. The Morgan fingerprint density at radius 1 is 1.13 bits per heavy atom. The average Bonchev–Trinajstić information content (AvgIpc) is 3.16. The molecule has 1 aromatic heterocycles. The summed E-state index contributed by atoms with van der Waals surface area (Å²) in [5.41, 5.74) is 4.68. The van der Waals surface area contributed by atoms with Crippen LogP contribution in [0.25, 0.3) is 10.2 Å². The van der Waals surface area contributed by atoms with Gasteiger partial charge in [-0.05, 0) is 56.2 Å². The number of ether oxygens (including phenoxy) is 1. The smallest absolute Gasteiger partial charge is 0.239 e. The summed E-state index contributed by atoms with van der Waals surface area (Å²) in [5, 5.41) is 0.794. The summed E-state index contributed by atoms with van der Waals surface area (Å²) in [6.07, 6.45) is 0. The van der Waals surface area contributed by atoms with Crippen LogP contribution < -0.4 is 4.90 Å². The Morgan fingerprint density at radius 3 is 2.58 bits per heavy atom. The molecule has 164 valence electrons. The zero-order chi connectivity index (χ0) is 21.8. The molecule has 2 aromatic carbocycles. The maximum absolute atomic E-state index is 13.3. The van der Waals surface area contributed by atoms with E-state index < -0.39 is 0 Å². The van der Waals surface area contributed by atoms with Crippen LogP contribution in [0.15, 0.2) is 41.3 Å². The third kappa shape index (κ3) is 5.66. The second-order valence-corrected chi connectivity index (χ2v) is 10.1. The molecule has 0 spiro atoms. The number of thioether (sulfide) groups is 1. The predicted octanol–water partition coefficient (Wildman–Crippen LogP) is 4.68. The first-order chi connectivity index (χ1) is 15.0. The highest BCUT2D eigenvalue weighted by Gasteiger charge is 2.22. The molecule has 0 bridgehead atoms. The third-order valence-corrected chi connectivity index (χ3v) is 7.69. The normalized spacial score (nSPS) is 14.8. The number of thiazole rings is 1. The molecule has 0 saturated carbocycles. The predicted molar refractivity (Wildman–Crippen MR) is 131 cm³/mol. The van der Waals surface area contributed by atoms with Gasteiger partial charge in [0.15, 0.2) is 5.13 Å². The van der Waals surface area contributed by atoms with Gasteiger partial charge >= 0.3 is 0 Å². The van der Waals surface area contributed by atoms with E-state index in [2.05, 4.69) is 62.1 Å². The highest BCUT2D eigenvalue weighted by molar-refractivity contribution is 8.00. The minimum absolute atomic E-state index is 0.103. The van der Waals surface area contributed by atoms with Crippen molar-refractivity contribution in [2.24, 2.45) is 0 Å². The topological polar surface area (TPSA) is 45.7 Å². The van der Waals surface area contributed by atoms with Gasteiger partial charge in [-0.2, -0.15) is 0 Å². The first-order valence-corrected chi connectivity index (χ1v) is 12.5. The van der Waals surface area contributed by atoms with Crippen LogP contribution in [0.2, 0.25) is 0 Å². The Kier molecular flexibility index (Phi) is 7.27. The number of fused-ring (bicyclic) bond motifs is 1. The molecule has 31 heavy (non-hydrogen) atoms. The lowest BCUT2D eigenvalue weighted by Crippen LogP contribution is -2.43. The Morgan fingerprint density at radius 2 is 1.84 bits per heavy atom. The molecule has 7 heteroatoms. The lowest BCUT2D eigenvalue weighted by molar-refractivity contribution is -0.116. The second-order valence-electron chi connectivity index (χ2n) is 8.00. The number of aromatic nitrogens is 1. The molecule has 2 heterocycles. The number of carbonyl (C=O) groups excluding carboxylic acids is 1. The molecule has 1 amide bonds. The molecule has 1 fully saturated rings. The summed E-state index contributed by atoms with van der Waals surface area (Å²) in [5.74, 6) is 0.506. The summed E-state index contributed by atoms with van der Waals surface area (Å²) in [7, 11) is 0. The summed E-state index contributed by atoms with van der Waals surface area (Å²) >= 11 is 3.19. The SMILES string of the molecule is Cc1ccc(SCC(=O)N(CCN2CCOCC2)c2nc3cc(C)c(C)cc3s2)cc1. The maximum atomic E-state index is 13.3. The minimum Gasteiger partial charge on any atom is -0.379 e. The largest absolute Gasteiger partial charge is 0.379 e. The zero-order valence-electron chi connectivity index (χ0n) is 18.4. The average molecular weight is 456 g/mol. The summed E-state index contributed by atoms with van der Waals surface area (Å²) in [4.78, 5) is 23.5. The third-order valence-electron chi connectivity index (χ3n) is 5.65. The van der Waals surface area contributed by atoms with Crippen molar-refractivity contribution in [3.05, 3.63) is 53.1 Å². The van der Waals surface area contributed by atoms with Crippen LogP contribution in [0.1, 0.15) is 16.7 Å². The molecular weight excluding hydrogens is 426 g/mol. The fraction of sp³-hybridized carbons (Fsp3) is 0.417. The Balaban J connectivity index is 1.52. The number of morpholine rings is 1. The number of hydrogen-bond donors (Lipinski definition) is 0. The van der Waals surface area contributed by atoms with Crippen LogP contribution in [0.3, 0.4) is 0 Å². The number of aryl methyl sites for hydroxylation is 3. The van der Waals surface area contributed by atoms with Crippen LogP contribution in [-0.2, 0) is 9.53 Å². The lowest BCUT2D eigenvalue weighted by Gasteiger charge is -2.29. The van der Waals surface area contributed by atoms with Crippen molar-refractivity contribution in [3.63, 3.8) is 0 Å². The van der Waals surface area contributed by atoms with Gasteiger partial charge < -0.3 is 4.74 Å². The van der Waals surface area contributed by atoms with Crippen molar-refractivity contribution >= 4 is 44.4 Å². The van der Waals surface area contributed by atoms with E-state index in [1.807, 2.05) is 4.90 Å². The molecule has 1 saturated heterocycles. The van der Waals surface area contributed by atoms with Gasteiger partial charge in [-0.1, -0.05) is 29.0 Å². The first-order valence-electron chi connectivity index (χ1n) is 10.7. The molecule has 1 aliphatic heterocycles. The van der Waals surface area contributed by atoms with Gasteiger partial charge in [-0.3, -0.25) is 14.6 Å². The number of benzene rings is 2. The lowest BCUT2D eigenvalue weighted by atomic mass is 10.1. The fourth-order valence-corrected chi connectivity index (χ4v) is 5.40. The first kappa shape index (κ1) is 22.3. The Bertz CT molecular complexity index is 1000. The summed E-state index contributed by atoms with van der Waals surface area (Å²) in [6, 6.07) is 12.6. The number of rotatable bonds is 7. The van der Waals surface area contributed by atoms with E-state index in [0.717, 1.165) is 53.1 Å². The molecule has 0 atom stereocenters. The van der Waals surface area contributed by atoms with Crippen LogP contribution >= 0.6 is 23.1 Å².